The molecule has 1 saturated carbocycles. The van der Waals surface area contributed by atoms with E-state index in [4.69, 9.17) is 5.11 Å². The first-order valence-corrected chi connectivity index (χ1v) is 7.91. The third kappa shape index (κ3) is 4.25. The number of hydrogen-bond acceptors (Lipinski definition) is 3. The predicted molar refractivity (Wildman–Crippen MR) is 81.4 cm³/mol. The normalized spacial score (nSPS) is 18.5. The summed E-state index contributed by atoms with van der Waals surface area (Å²) in [6, 6.07) is 6.99. The Labute approximate surface area is 126 Å². The quantitative estimate of drug-likeness (QED) is 0.775. The van der Waals surface area contributed by atoms with Gasteiger partial charge in [-0.1, -0.05) is 31.5 Å². The zero-order valence-electron chi connectivity index (χ0n) is 12.7. The minimum Gasteiger partial charge on any atom is -0.396 e. The van der Waals surface area contributed by atoms with Crippen LogP contribution in [0, 0.1) is 11.7 Å². The SMILES string of the molecule is CC(CN(CCCO)C1CCC1)C(O)c1ccccc1F. The van der Waals surface area contributed by atoms with E-state index in [1.807, 2.05) is 6.92 Å². The molecule has 0 spiro atoms. The number of halogens is 1. The molecule has 118 valence electrons. The zero-order chi connectivity index (χ0) is 15.2. The molecule has 0 radical (unpaired) electrons. The minimum atomic E-state index is -0.789. The number of aliphatic hydroxyl groups is 2. The van der Waals surface area contributed by atoms with Crippen LogP contribution in [0.5, 0.6) is 0 Å². The average Bonchev–Trinajstić information content (AvgIpc) is 2.42. The van der Waals surface area contributed by atoms with E-state index in [1.54, 1.807) is 18.2 Å². The molecule has 0 bridgehead atoms. The van der Waals surface area contributed by atoms with E-state index < -0.39 is 6.10 Å². The van der Waals surface area contributed by atoms with E-state index >= 15 is 0 Å². The lowest BCUT2D eigenvalue weighted by Gasteiger charge is -2.39. The van der Waals surface area contributed by atoms with E-state index in [0.717, 1.165) is 19.5 Å². The third-order valence-corrected chi connectivity index (χ3v) is 4.48. The largest absolute Gasteiger partial charge is 0.396 e. The number of rotatable bonds is 8. The van der Waals surface area contributed by atoms with Crippen molar-refractivity contribution in [2.45, 2.75) is 44.8 Å². The van der Waals surface area contributed by atoms with Crippen LogP contribution in [-0.2, 0) is 0 Å². The molecule has 1 aromatic rings. The maximum atomic E-state index is 13.8. The predicted octanol–water partition coefficient (Wildman–Crippen LogP) is 2.73. The molecule has 0 saturated heterocycles. The van der Waals surface area contributed by atoms with Gasteiger partial charge in [0.2, 0.25) is 0 Å². The third-order valence-electron chi connectivity index (χ3n) is 4.48. The molecule has 0 aliphatic heterocycles. The molecule has 0 aromatic heterocycles. The fourth-order valence-electron chi connectivity index (χ4n) is 2.94. The fourth-order valence-corrected chi connectivity index (χ4v) is 2.94. The zero-order valence-corrected chi connectivity index (χ0v) is 12.7. The summed E-state index contributed by atoms with van der Waals surface area (Å²) in [6.45, 7) is 3.73. The van der Waals surface area contributed by atoms with Gasteiger partial charge in [-0.25, -0.2) is 4.39 Å². The Morgan fingerprint density at radius 3 is 2.62 bits per heavy atom. The molecular weight excluding hydrogens is 269 g/mol. The lowest BCUT2D eigenvalue weighted by molar-refractivity contribution is 0.0484. The lowest BCUT2D eigenvalue weighted by atomic mass is 9.89. The molecule has 2 N–H and O–H groups in total. The van der Waals surface area contributed by atoms with E-state index in [2.05, 4.69) is 4.90 Å². The molecule has 2 rings (SSSR count). The van der Waals surface area contributed by atoms with Crippen LogP contribution in [0.15, 0.2) is 24.3 Å². The first-order chi connectivity index (χ1) is 10.1. The maximum Gasteiger partial charge on any atom is 0.129 e. The van der Waals surface area contributed by atoms with Crippen molar-refractivity contribution in [2.24, 2.45) is 5.92 Å². The number of hydrogen-bond donors (Lipinski definition) is 2. The van der Waals surface area contributed by atoms with E-state index in [0.29, 0.717) is 11.6 Å². The molecule has 0 amide bonds. The van der Waals surface area contributed by atoms with Crippen LogP contribution in [0.1, 0.15) is 44.3 Å². The summed E-state index contributed by atoms with van der Waals surface area (Å²) in [6.07, 6.45) is 3.59. The molecule has 0 heterocycles. The van der Waals surface area contributed by atoms with Crippen LogP contribution in [-0.4, -0.2) is 40.9 Å². The number of aliphatic hydroxyl groups excluding tert-OH is 2. The van der Waals surface area contributed by atoms with Gasteiger partial charge in [0, 0.05) is 31.3 Å². The highest BCUT2D eigenvalue weighted by atomic mass is 19.1. The number of benzene rings is 1. The second kappa shape index (κ2) is 7.87. The van der Waals surface area contributed by atoms with Gasteiger partial charge in [0.05, 0.1) is 6.10 Å². The van der Waals surface area contributed by atoms with Gasteiger partial charge in [0.25, 0.3) is 0 Å². The second-order valence-corrected chi connectivity index (χ2v) is 6.10. The number of nitrogens with zero attached hydrogens (tertiary/aromatic N) is 1. The van der Waals surface area contributed by atoms with Gasteiger partial charge in [-0.3, -0.25) is 4.90 Å². The van der Waals surface area contributed by atoms with Crippen LogP contribution in [0.4, 0.5) is 4.39 Å². The Morgan fingerprint density at radius 2 is 2.05 bits per heavy atom. The molecular formula is C17H26FNO2. The summed E-state index contributed by atoms with van der Waals surface area (Å²) in [5.41, 5.74) is 0.376. The Kier molecular flexibility index (Phi) is 6.15. The summed E-state index contributed by atoms with van der Waals surface area (Å²) in [7, 11) is 0. The van der Waals surface area contributed by atoms with Crippen LogP contribution >= 0.6 is 0 Å². The Morgan fingerprint density at radius 1 is 1.33 bits per heavy atom. The maximum absolute atomic E-state index is 13.8. The smallest absolute Gasteiger partial charge is 0.129 e. The van der Waals surface area contributed by atoms with E-state index in [-0.39, 0.29) is 18.3 Å². The molecule has 1 aromatic carbocycles. The fraction of sp³-hybridized carbons (Fsp3) is 0.647. The van der Waals surface area contributed by atoms with Gasteiger partial charge in [-0.05, 0) is 31.2 Å². The molecule has 4 heteroatoms. The molecule has 21 heavy (non-hydrogen) atoms. The monoisotopic (exact) mass is 295 g/mol. The Balaban J connectivity index is 1.97. The van der Waals surface area contributed by atoms with Crippen LogP contribution < -0.4 is 0 Å². The van der Waals surface area contributed by atoms with Crippen molar-refractivity contribution in [1.82, 2.24) is 4.90 Å². The molecule has 3 nitrogen and oxygen atoms in total. The van der Waals surface area contributed by atoms with Crippen molar-refractivity contribution in [1.29, 1.82) is 0 Å². The van der Waals surface area contributed by atoms with Gasteiger partial charge >= 0.3 is 0 Å². The summed E-state index contributed by atoms with van der Waals surface area (Å²) in [5, 5.41) is 19.4. The molecule has 1 aliphatic carbocycles. The van der Waals surface area contributed by atoms with Crippen LogP contribution in [0.25, 0.3) is 0 Å². The summed E-state index contributed by atoms with van der Waals surface area (Å²) >= 11 is 0. The lowest BCUT2D eigenvalue weighted by Crippen LogP contribution is -2.44. The summed E-state index contributed by atoms with van der Waals surface area (Å²) in [4.78, 5) is 2.34. The second-order valence-electron chi connectivity index (χ2n) is 6.10. The summed E-state index contributed by atoms with van der Waals surface area (Å²) in [5.74, 6) is -0.386. The Hall–Kier alpha value is -0.970. The van der Waals surface area contributed by atoms with Crippen LogP contribution in [0.2, 0.25) is 0 Å². The first-order valence-electron chi connectivity index (χ1n) is 7.91. The summed E-state index contributed by atoms with van der Waals surface area (Å²) < 4.78 is 13.8. The van der Waals surface area contributed by atoms with Gasteiger partial charge in [-0.2, -0.15) is 0 Å². The highest BCUT2D eigenvalue weighted by molar-refractivity contribution is 5.20. The van der Waals surface area contributed by atoms with Crippen molar-refractivity contribution in [3.05, 3.63) is 35.6 Å². The highest BCUT2D eigenvalue weighted by Crippen LogP contribution is 2.29. The highest BCUT2D eigenvalue weighted by Gasteiger charge is 2.28. The Bertz CT molecular complexity index is 437. The van der Waals surface area contributed by atoms with Gasteiger partial charge in [0.1, 0.15) is 5.82 Å². The van der Waals surface area contributed by atoms with Crippen molar-refractivity contribution < 1.29 is 14.6 Å². The minimum absolute atomic E-state index is 0.0406. The van der Waals surface area contributed by atoms with Gasteiger partial charge in [0.15, 0.2) is 0 Å². The van der Waals surface area contributed by atoms with Crippen molar-refractivity contribution in [3.8, 4) is 0 Å². The van der Waals surface area contributed by atoms with Gasteiger partial charge in [-0.15, -0.1) is 0 Å². The van der Waals surface area contributed by atoms with Crippen LogP contribution in [0.3, 0.4) is 0 Å². The van der Waals surface area contributed by atoms with Gasteiger partial charge < -0.3 is 10.2 Å². The molecule has 1 aliphatic rings. The molecule has 2 unspecified atom stereocenters. The van der Waals surface area contributed by atoms with Crippen molar-refractivity contribution >= 4 is 0 Å². The standard InChI is InChI=1S/C17H26FNO2/c1-13(17(21)15-8-2-3-9-16(15)18)12-19(10-5-11-20)14-6-4-7-14/h2-3,8-9,13-14,17,20-21H,4-7,10-12H2,1H3. The van der Waals surface area contributed by atoms with Crippen molar-refractivity contribution in [3.63, 3.8) is 0 Å². The molecule has 2 atom stereocenters. The van der Waals surface area contributed by atoms with Crippen molar-refractivity contribution in [2.75, 3.05) is 19.7 Å². The first kappa shape index (κ1) is 16.4. The molecule has 1 fully saturated rings. The van der Waals surface area contributed by atoms with E-state index in [1.165, 1.54) is 25.3 Å². The average molecular weight is 295 g/mol. The van der Waals surface area contributed by atoms with E-state index in [9.17, 15) is 9.50 Å². The topological polar surface area (TPSA) is 43.7 Å².